The molecule has 118 valence electrons. The lowest BCUT2D eigenvalue weighted by Crippen LogP contribution is -2.25. The van der Waals surface area contributed by atoms with Crippen molar-refractivity contribution in [2.24, 2.45) is 0 Å². The van der Waals surface area contributed by atoms with Crippen LogP contribution < -0.4 is 4.90 Å². The van der Waals surface area contributed by atoms with Gasteiger partial charge in [-0.15, -0.1) is 0 Å². The fraction of sp³-hybridized carbons (Fsp3) is 0.588. The molecule has 1 aromatic rings. The maximum atomic E-state index is 12.2. The Kier molecular flexibility index (Phi) is 7.06. The highest BCUT2D eigenvalue weighted by molar-refractivity contribution is 5.99. The zero-order valence-corrected chi connectivity index (χ0v) is 13.6. The molecule has 0 atom stereocenters. The molecule has 0 bridgehead atoms. The summed E-state index contributed by atoms with van der Waals surface area (Å²) in [6.07, 6.45) is 4.12. The number of phenols is 1. The summed E-state index contributed by atoms with van der Waals surface area (Å²) in [5.74, 6) is -0.238. The summed E-state index contributed by atoms with van der Waals surface area (Å²) < 4.78 is 4.94. The molecule has 0 heterocycles. The Morgan fingerprint density at radius 1 is 1.19 bits per heavy atom. The minimum Gasteiger partial charge on any atom is -0.506 e. The van der Waals surface area contributed by atoms with Crippen molar-refractivity contribution < 1.29 is 14.6 Å². The molecule has 0 aliphatic rings. The van der Waals surface area contributed by atoms with E-state index in [2.05, 4.69) is 6.92 Å². The van der Waals surface area contributed by atoms with Crippen LogP contribution in [0.2, 0.25) is 0 Å². The number of esters is 1. The second kappa shape index (κ2) is 8.55. The van der Waals surface area contributed by atoms with Crippen molar-refractivity contribution >= 4 is 11.7 Å². The predicted octanol–water partition coefficient (Wildman–Crippen LogP) is 3.76. The number of hydrogen-bond acceptors (Lipinski definition) is 4. The van der Waals surface area contributed by atoms with Gasteiger partial charge in [0, 0.05) is 13.1 Å². The van der Waals surface area contributed by atoms with Gasteiger partial charge >= 0.3 is 5.97 Å². The monoisotopic (exact) mass is 293 g/mol. The van der Waals surface area contributed by atoms with Gasteiger partial charge in [0.05, 0.1) is 18.4 Å². The summed E-state index contributed by atoms with van der Waals surface area (Å²) in [6, 6.07) is 3.52. The smallest absolute Gasteiger partial charge is 0.340 e. The van der Waals surface area contributed by atoms with E-state index in [9.17, 15) is 9.90 Å². The molecule has 0 fully saturated rings. The molecule has 1 N–H and O–H groups in total. The summed E-state index contributed by atoms with van der Waals surface area (Å²) in [4.78, 5) is 14.2. The summed E-state index contributed by atoms with van der Waals surface area (Å²) in [5.41, 5.74) is 2.06. The maximum Gasteiger partial charge on any atom is 0.340 e. The van der Waals surface area contributed by atoms with Crippen molar-refractivity contribution in [3.8, 4) is 5.75 Å². The van der Waals surface area contributed by atoms with Crippen molar-refractivity contribution in [2.45, 2.75) is 46.5 Å². The molecular formula is C17H27NO3. The minimum absolute atomic E-state index is 0.137. The molecule has 0 unspecified atom stereocenters. The lowest BCUT2D eigenvalue weighted by Gasteiger charge is -2.25. The highest BCUT2D eigenvalue weighted by Crippen LogP contribution is 2.35. The van der Waals surface area contributed by atoms with Gasteiger partial charge in [0.25, 0.3) is 0 Å². The van der Waals surface area contributed by atoms with Crippen molar-refractivity contribution in [1.29, 1.82) is 0 Å². The molecule has 0 saturated heterocycles. The van der Waals surface area contributed by atoms with Crippen LogP contribution in [-0.2, 0) is 11.2 Å². The molecule has 0 aliphatic heterocycles. The molecule has 0 amide bonds. The largest absolute Gasteiger partial charge is 0.506 e. The van der Waals surface area contributed by atoms with Gasteiger partial charge in [0.15, 0.2) is 0 Å². The van der Waals surface area contributed by atoms with Crippen LogP contribution >= 0.6 is 0 Å². The summed E-state index contributed by atoms with van der Waals surface area (Å²) in [6.45, 7) is 7.62. The van der Waals surface area contributed by atoms with Crippen LogP contribution in [0.15, 0.2) is 12.1 Å². The Labute approximate surface area is 127 Å². The number of benzene rings is 1. The SMILES string of the molecule is CCCCCc1ccc(O)c(N(CC)CC)c1C(=O)OC. The van der Waals surface area contributed by atoms with Crippen molar-refractivity contribution in [2.75, 3.05) is 25.1 Å². The van der Waals surface area contributed by atoms with Crippen LogP contribution in [0.25, 0.3) is 0 Å². The number of rotatable bonds is 8. The number of aryl methyl sites for hydroxylation is 1. The number of ether oxygens (including phenoxy) is 1. The average molecular weight is 293 g/mol. The summed E-state index contributed by atoms with van der Waals surface area (Å²) in [5, 5.41) is 10.2. The molecule has 0 saturated carbocycles. The lowest BCUT2D eigenvalue weighted by molar-refractivity contribution is 0.0599. The van der Waals surface area contributed by atoms with E-state index in [-0.39, 0.29) is 11.7 Å². The fourth-order valence-electron chi connectivity index (χ4n) is 2.59. The maximum absolute atomic E-state index is 12.2. The first-order valence-corrected chi connectivity index (χ1v) is 7.78. The van der Waals surface area contributed by atoms with Gasteiger partial charge < -0.3 is 14.7 Å². The number of hydrogen-bond donors (Lipinski definition) is 1. The van der Waals surface area contributed by atoms with Gasteiger partial charge in [-0.25, -0.2) is 4.79 Å². The number of unbranched alkanes of at least 4 members (excludes halogenated alkanes) is 2. The van der Waals surface area contributed by atoms with E-state index in [1.54, 1.807) is 6.07 Å². The van der Waals surface area contributed by atoms with E-state index in [0.717, 1.165) is 44.3 Å². The van der Waals surface area contributed by atoms with Crippen molar-refractivity contribution in [3.63, 3.8) is 0 Å². The Bertz CT molecular complexity index is 467. The number of methoxy groups -OCH3 is 1. The van der Waals surface area contributed by atoms with Crippen LogP contribution in [0, 0.1) is 0 Å². The highest BCUT2D eigenvalue weighted by Gasteiger charge is 2.23. The third-order valence-electron chi connectivity index (χ3n) is 3.76. The third kappa shape index (κ3) is 4.13. The topological polar surface area (TPSA) is 49.8 Å². The number of carbonyl (C=O) groups excluding carboxylic acids is 1. The second-order valence-electron chi connectivity index (χ2n) is 5.09. The van der Waals surface area contributed by atoms with E-state index in [1.165, 1.54) is 7.11 Å². The first kappa shape index (κ1) is 17.3. The molecular weight excluding hydrogens is 266 g/mol. The molecule has 0 radical (unpaired) electrons. The first-order valence-electron chi connectivity index (χ1n) is 7.78. The lowest BCUT2D eigenvalue weighted by atomic mass is 9.98. The van der Waals surface area contributed by atoms with Crippen molar-refractivity contribution in [1.82, 2.24) is 0 Å². The number of aromatic hydroxyl groups is 1. The Balaban J connectivity index is 3.31. The molecule has 1 rings (SSSR count). The van der Waals surface area contributed by atoms with Gasteiger partial charge in [-0.2, -0.15) is 0 Å². The Morgan fingerprint density at radius 3 is 2.38 bits per heavy atom. The highest BCUT2D eigenvalue weighted by atomic mass is 16.5. The van der Waals surface area contributed by atoms with Crippen LogP contribution in [0.4, 0.5) is 5.69 Å². The molecule has 1 aromatic carbocycles. The predicted molar refractivity (Wildman–Crippen MR) is 86.2 cm³/mol. The Morgan fingerprint density at radius 2 is 1.86 bits per heavy atom. The van der Waals surface area contributed by atoms with E-state index >= 15 is 0 Å². The first-order chi connectivity index (χ1) is 10.1. The molecule has 0 aromatic heterocycles. The third-order valence-corrected chi connectivity index (χ3v) is 3.76. The van der Waals surface area contributed by atoms with Gasteiger partial charge in [-0.3, -0.25) is 0 Å². The zero-order valence-electron chi connectivity index (χ0n) is 13.6. The standard InChI is InChI=1S/C17H27NO3/c1-5-8-9-10-13-11-12-14(19)16(18(6-2)7-3)15(13)17(20)21-4/h11-12,19H,5-10H2,1-4H3. The van der Waals surface area contributed by atoms with Crippen LogP contribution in [0.3, 0.4) is 0 Å². The minimum atomic E-state index is -0.376. The molecule has 4 nitrogen and oxygen atoms in total. The van der Waals surface area contributed by atoms with Gasteiger partial charge in [-0.1, -0.05) is 25.8 Å². The van der Waals surface area contributed by atoms with Gasteiger partial charge in [0.1, 0.15) is 5.75 Å². The quantitative estimate of drug-likeness (QED) is 0.585. The van der Waals surface area contributed by atoms with E-state index < -0.39 is 0 Å². The van der Waals surface area contributed by atoms with Crippen LogP contribution in [0.5, 0.6) is 5.75 Å². The second-order valence-corrected chi connectivity index (χ2v) is 5.09. The summed E-state index contributed by atoms with van der Waals surface area (Å²) in [7, 11) is 1.38. The number of phenolic OH excluding ortho intramolecular Hbond substituents is 1. The normalized spacial score (nSPS) is 10.5. The molecule has 4 heteroatoms. The van der Waals surface area contributed by atoms with Crippen LogP contribution in [0.1, 0.15) is 56.0 Å². The van der Waals surface area contributed by atoms with E-state index in [1.807, 2.05) is 24.8 Å². The number of nitrogens with zero attached hydrogens (tertiary/aromatic N) is 1. The average Bonchev–Trinajstić information content (AvgIpc) is 2.50. The fourth-order valence-corrected chi connectivity index (χ4v) is 2.59. The van der Waals surface area contributed by atoms with Gasteiger partial charge in [-0.05, 0) is 38.3 Å². The molecule has 0 spiro atoms. The van der Waals surface area contributed by atoms with E-state index in [0.29, 0.717) is 11.3 Å². The molecule has 0 aliphatic carbocycles. The van der Waals surface area contributed by atoms with Crippen molar-refractivity contribution in [3.05, 3.63) is 23.3 Å². The summed E-state index contributed by atoms with van der Waals surface area (Å²) >= 11 is 0. The van der Waals surface area contributed by atoms with Gasteiger partial charge in [0.2, 0.25) is 0 Å². The molecule has 21 heavy (non-hydrogen) atoms. The number of carbonyl (C=O) groups is 1. The number of anilines is 1. The van der Waals surface area contributed by atoms with Crippen LogP contribution in [-0.4, -0.2) is 31.3 Å². The van der Waals surface area contributed by atoms with E-state index in [4.69, 9.17) is 4.74 Å². The zero-order chi connectivity index (χ0) is 15.8. The Hall–Kier alpha value is -1.71.